The number of nitrogens with zero attached hydrogens (tertiary/aromatic N) is 2. The number of likely N-dealkylation sites (tertiary alicyclic amines) is 2. The zero-order valence-electron chi connectivity index (χ0n) is 20.3. The van der Waals surface area contributed by atoms with Gasteiger partial charge in [0, 0.05) is 37.8 Å². The van der Waals surface area contributed by atoms with Crippen LogP contribution in [-0.2, 0) is 16.1 Å². The molecule has 2 aliphatic heterocycles. The summed E-state index contributed by atoms with van der Waals surface area (Å²) in [6.07, 6.45) is 5.11. The Morgan fingerprint density at radius 1 is 1.06 bits per heavy atom. The molecule has 1 aromatic heterocycles. The van der Waals surface area contributed by atoms with Gasteiger partial charge in [0.05, 0.1) is 11.5 Å². The van der Waals surface area contributed by atoms with Gasteiger partial charge in [-0.2, -0.15) is 0 Å². The first-order chi connectivity index (χ1) is 16.4. The average molecular weight is 465 g/mol. The first kappa shape index (κ1) is 24.2. The van der Waals surface area contributed by atoms with E-state index in [9.17, 15) is 14.4 Å². The van der Waals surface area contributed by atoms with E-state index in [4.69, 9.17) is 0 Å². The topological polar surface area (TPSA) is 85.5 Å². The van der Waals surface area contributed by atoms with Gasteiger partial charge in [-0.25, -0.2) is 0 Å². The van der Waals surface area contributed by atoms with Crippen LogP contribution in [0.25, 0.3) is 0 Å². The molecule has 2 amide bonds. The van der Waals surface area contributed by atoms with Crippen LogP contribution in [0.1, 0.15) is 56.7 Å². The van der Waals surface area contributed by atoms with Crippen molar-refractivity contribution in [2.45, 2.75) is 52.1 Å². The maximum atomic E-state index is 13.3. The molecular formula is C27H36N4O3. The SMILES string of the molecule is CC(C)C(=O)N[C@@H](CCN1CCC2(CC1)CCN(Cc1cc[nH]c(=O)c1)C2=O)c1ccccc1. The number of benzene rings is 1. The summed E-state index contributed by atoms with van der Waals surface area (Å²) in [5, 5.41) is 3.21. The Hall–Kier alpha value is -2.93. The largest absolute Gasteiger partial charge is 0.349 e. The van der Waals surface area contributed by atoms with Crippen LogP contribution in [0, 0.1) is 11.3 Å². The van der Waals surface area contributed by atoms with E-state index in [2.05, 4.69) is 27.3 Å². The van der Waals surface area contributed by atoms with Gasteiger partial charge in [0.2, 0.25) is 17.4 Å². The molecule has 34 heavy (non-hydrogen) atoms. The number of piperidine rings is 1. The Bertz CT molecular complexity index is 1040. The van der Waals surface area contributed by atoms with Gasteiger partial charge in [0.1, 0.15) is 0 Å². The van der Waals surface area contributed by atoms with Crippen molar-refractivity contribution in [1.82, 2.24) is 20.1 Å². The fourth-order valence-corrected chi connectivity index (χ4v) is 5.18. The summed E-state index contributed by atoms with van der Waals surface area (Å²) in [5.74, 6) is 0.258. The van der Waals surface area contributed by atoms with Crippen molar-refractivity contribution in [2.75, 3.05) is 26.2 Å². The second-order valence-corrected chi connectivity index (χ2v) is 10.1. The van der Waals surface area contributed by atoms with Crippen LogP contribution in [0.3, 0.4) is 0 Å². The molecule has 3 heterocycles. The number of nitrogens with one attached hydrogen (secondary N) is 2. The molecule has 2 aliphatic rings. The van der Waals surface area contributed by atoms with Crippen LogP contribution in [0.4, 0.5) is 0 Å². The predicted octanol–water partition coefficient (Wildman–Crippen LogP) is 3.09. The highest BCUT2D eigenvalue weighted by Gasteiger charge is 2.47. The second kappa shape index (κ2) is 10.6. The van der Waals surface area contributed by atoms with E-state index >= 15 is 0 Å². The summed E-state index contributed by atoms with van der Waals surface area (Å²) in [6.45, 7) is 7.76. The van der Waals surface area contributed by atoms with Crippen molar-refractivity contribution in [1.29, 1.82) is 0 Å². The Morgan fingerprint density at radius 3 is 2.44 bits per heavy atom. The number of aromatic nitrogens is 1. The van der Waals surface area contributed by atoms with Gasteiger partial charge in [-0.15, -0.1) is 0 Å². The lowest BCUT2D eigenvalue weighted by Gasteiger charge is -2.38. The van der Waals surface area contributed by atoms with E-state index in [1.807, 2.05) is 43.0 Å². The number of H-pyrrole nitrogens is 1. The maximum Gasteiger partial charge on any atom is 0.248 e. The molecule has 0 saturated carbocycles. The third-order valence-corrected chi connectivity index (χ3v) is 7.40. The number of rotatable bonds is 8. The van der Waals surface area contributed by atoms with Crippen molar-refractivity contribution in [3.05, 3.63) is 70.1 Å². The summed E-state index contributed by atoms with van der Waals surface area (Å²) in [5.41, 5.74) is 1.61. The third kappa shape index (κ3) is 5.58. The second-order valence-electron chi connectivity index (χ2n) is 10.1. The number of carbonyl (C=O) groups excluding carboxylic acids is 2. The highest BCUT2D eigenvalue weighted by Crippen LogP contribution is 2.42. The molecule has 0 aliphatic carbocycles. The van der Waals surface area contributed by atoms with Gasteiger partial charge >= 0.3 is 0 Å². The first-order valence-electron chi connectivity index (χ1n) is 12.4. The van der Waals surface area contributed by atoms with Crippen LogP contribution in [0.15, 0.2) is 53.5 Å². The molecule has 4 rings (SSSR count). The Kier molecular flexibility index (Phi) is 7.51. The zero-order chi connectivity index (χ0) is 24.1. The highest BCUT2D eigenvalue weighted by molar-refractivity contribution is 5.85. The van der Waals surface area contributed by atoms with Crippen LogP contribution in [0.5, 0.6) is 0 Å². The Balaban J connectivity index is 1.32. The van der Waals surface area contributed by atoms with E-state index in [-0.39, 0.29) is 34.7 Å². The Morgan fingerprint density at radius 2 is 1.76 bits per heavy atom. The van der Waals surface area contributed by atoms with Crippen LogP contribution in [-0.4, -0.2) is 52.8 Å². The van der Waals surface area contributed by atoms with Crippen molar-refractivity contribution >= 4 is 11.8 Å². The fourth-order valence-electron chi connectivity index (χ4n) is 5.18. The number of hydrogen-bond acceptors (Lipinski definition) is 4. The van der Waals surface area contributed by atoms with Gasteiger partial charge in [-0.3, -0.25) is 14.4 Å². The molecule has 2 N–H and O–H groups in total. The molecule has 1 atom stereocenters. The molecule has 7 nitrogen and oxygen atoms in total. The molecular weight excluding hydrogens is 428 g/mol. The number of amides is 2. The van der Waals surface area contributed by atoms with E-state index in [0.717, 1.165) is 63.0 Å². The average Bonchev–Trinajstić information content (AvgIpc) is 3.13. The van der Waals surface area contributed by atoms with Gasteiger partial charge in [0.25, 0.3) is 0 Å². The van der Waals surface area contributed by atoms with E-state index in [1.165, 1.54) is 0 Å². The predicted molar refractivity (Wildman–Crippen MR) is 132 cm³/mol. The summed E-state index contributed by atoms with van der Waals surface area (Å²) in [6, 6.07) is 13.6. The lowest BCUT2D eigenvalue weighted by Crippen LogP contribution is -2.45. The molecule has 182 valence electrons. The first-order valence-corrected chi connectivity index (χ1v) is 12.4. The van der Waals surface area contributed by atoms with Gasteiger partial charge in [0.15, 0.2) is 0 Å². The molecule has 0 unspecified atom stereocenters. The molecule has 1 spiro atoms. The van der Waals surface area contributed by atoms with Crippen LogP contribution >= 0.6 is 0 Å². The summed E-state index contributed by atoms with van der Waals surface area (Å²) < 4.78 is 0. The monoisotopic (exact) mass is 464 g/mol. The van der Waals surface area contributed by atoms with Gasteiger partial charge < -0.3 is 20.1 Å². The van der Waals surface area contributed by atoms with Crippen molar-refractivity contribution < 1.29 is 9.59 Å². The van der Waals surface area contributed by atoms with Gasteiger partial charge in [-0.1, -0.05) is 44.2 Å². The lowest BCUT2D eigenvalue weighted by atomic mass is 9.77. The minimum atomic E-state index is -0.262. The molecule has 2 aromatic rings. The number of pyridine rings is 1. The van der Waals surface area contributed by atoms with E-state index in [1.54, 1.807) is 12.3 Å². The van der Waals surface area contributed by atoms with Gasteiger partial charge in [-0.05, 0) is 56.0 Å². The summed E-state index contributed by atoms with van der Waals surface area (Å²) in [7, 11) is 0. The van der Waals surface area contributed by atoms with Crippen molar-refractivity contribution in [2.24, 2.45) is 11.3 Å². The molecule has 0 radical (unpaired) electrons. The maximum absolute atomic E-state index is 13.3. The normalized spacial score (nSPS) is 19.0. The van der Waals surface area contributed by atoms with Crippen molar-refractivity contribution in [3.63, 3.8) is 0 Å². The molecule has 2 saturated heterocycles. The Labute approximate surface area is 201 Å². The van der Waals surface area contributed by atoms with Crippen molar-refractivity contribution in [3.8, 4) is 0 Å². The quantitative estimate of drug-likeness (QED) is 0.629. The number of hydrogen-bond donors (Lipinski definition) is 2. The summed E-state index contributed by atoms with van der Waals surface area (Å²) in [4.78, 5) is 44.2. The molecule has 0 bridgehead atoms. The molecule has 7 heteroatoms. The minimum absolute atomic E-state index is 0.00962. The van der Waals surface area contributed by atoms with Crippen LogP contribution < -0.4 is 10.9 Å². The third-order valence-electron chi connectivity index (χ3n) is 7.40. The van der Waals surface area contributed by atoms with E-state index < -0.39 is 0 Å². The standard InChI is InChI=1S/C27H36N4O3/c1-20(2)25(33)29-23(22-6-4-3-5-7-22)9-14-30-15-10-27(11-16-30)12-17-31(26(27)34)19-21-8-13-28-24(32)18-21/h3-8,13,18,20,23H,9-12,14-17,19H2,1-2H3,(H,28,32)(H,29,33)/t23-/m0/s1. The summed E-state index contributed by atoms with van der Waals surface area (Å²) >= 11 is 0. The zero-order valence-corrected chi connectivity index (χ0v) is 20.3. The minimum Gasteiger partial charge on any atom is -0.349 e. The lowest BCUT2D eigenvalue weighted by molar-refractivity contribution is -0.139. The number of carbonyl (C=O) groups is 2. The highest BCUT2D eigenvalue weighted by atomic mass is 16.2. The number of aromatic amines is 1. The smallest absolute Gasteiger partial charge is 0.248 e. The fraction of sp³-hybridized carbons (Fsp3) is 0.519. The van der Waals surface area contributed by atoms with E-state index in [0.29, 0.717) is 6.54 Å². The van der Waals surface area contributed by atoms with Crippen LogP contribution in [0.2, 0.25) is 0 Å². The molecule has 2 fully saturated rings. The molecule has 1 aromatic carbocycles.